The number of carbonyl (C=O) groups is 4. The Kier molecular flexibility index (Phi) is 21.7. The molecule has 9 heterocycles. The minimum Gasteiger partial charge on any atom is -0.493 e. The van der Waals surface area contributed by atoms with Crippen molar-refractivity contribution < 1.29 is 78.7 Å². The maximum absolute atomic E-state index is 15.9. The van der Waals surface area contributed by atoms with Crippen molar-refractivity contribution >= 4 is 35.1 Å². The van der Waals surface area contributed by atoms with E-state index in [1.54, 1.807) is 65.4 Å². The number of fused-ring (bicyclic) bond motifs is 6. The second-order valence-corrected chi connectivity index (χ2v) is 28.4. The maximum atomic E-state index is 15.9. The van der Waals surface area contributed by atoms with Crippen LogP contribution in [0.3, 0.4) is 0 Å². The fraction of sp³-hybridized carbons (Fsp3) is 0.467. The molecule has 3 saturated heterocycles. The Morgan fingerprint density at radius 2 is 1.16 bits per heavy atom. The molecule has 7 aromatic rings. The predicted molar refractivity (Wildman–Crippen MR) is 366 cm³/mol. The van der Waals surface area contributed by atoms with E-state index in [9.17, 15) is 58.7 Å². The van der Waals surface area contributed by atoms with Crippen molar-refractivity contribution in [1.82, 2.24) is 43.5 Å². The summed E-state index contributed by atoms with van der Waals surface area (Å²) in [6, 6.07) is 38.8. The van der Waals surface area contributed by atoms with Crippen molar-refractivity contribution in [3.8, 4) is 22.6 Å². The van der Waals surface area contributed by atoms with Gasteiger partial charge in [-0.15, -0.1) is 0 Å². The van der Waals surface area contributed by atoms with Crippen molar-refractivity contribution in [3.63, 3.8) is 0 Å². The van der Waals surface area contributed by atoms with Gasteiger partial charge in [-0.05, 0) is 169 Å². The minimum atomic E-state index is -4.97. The number of hydrogen-bond acceptors (Lipinski definition) is 10. The number of nitrogens with one attached hydrogen (secondary N) is 1. The molecule has 0 saturated carbocycles. The first kappa shape index (κ1) is 75.0. The Hall–Kier alpha value is -8.17. The molecule has 2 atom stereocenters. The highest BCUT2D eigenvalue weighted by Crippen LogP contribution is 2.47. The molecule has 0 radical (unpaired) electrons. The average molecular weight is 1450 g/mol. The van der Waals surface area contributed by atoms with Gasteiger partial charge in [-0.2, -0.15) is 39.5 Å². The molecule has 102 heavy (non-hydrogen) atoms. The lowest BCUT2D eigenvalue weighted by molar-refractivity contribution is -0.146. The van der Waals surface area contributed by atoms with Gasteiger partial charge in [-0.1, -0.05) is 66.2 Å². The summed E-state index contributed by atoms with van der Waals surface area (Å²) in [5, 5.41) is 4.37. The van der Waals surface area contributed by atoms with Crippen LogP contribution in [0.25, 0.3) is 11.1 Å². The van der Waals surface area contributed by atoms with Crippen LogP contribution >= 0.6 is 11.6 Å². The van der Waals surface area contributed by atoms with E-state index < -0.39 is 65.8 Å². The third-order valence-corrected chi connectivity index (χ3v) is 21.0. The number of halogens is 11. The number of nitrogens with zero attached hydrogens (tertiary/aromatic N) is 8. The highest BCUT2D eigenvalue weighted by molar-refractivity contribution is 6.29. The van der Waals surface area contributed by atoms with Gasteiger partial charge in [0.05, 0.1) is 61.7 Å². The summed E-state index contributed by atoms with van der Waals surface area (Å²) in [4.78, 5) is 60.8. The van der Waals surface area contributed by atoms with Gasteiger partial charge in [0.1, 0.15) is 17.0 Å². The zero-order chi connectivity index (χ0) is 73.5. The number of aromatic nitrogens is 3. The minimum absolute atomic E-state index is 0. The Balaban J connectivity index is 0.000000166. The highest BCUT2D eigenvalue weighted by atomic mass is 35.5. The highest BCUT2D eigenvalue weighted by Gasteiger charge is 2.55. The molecule has 13 rings (SSSR count). The van der Waals surface area contributed by atoms with Crippen LogP contribution in [0, 0.1) is 0 Å². The summed E-state index contributed by atoms with van der Waals surface area (Å²) in [5.74, 6) is -1.44. The first-order chi connectivity index (χ1) is 48.2. The first-order valence-corrected chi connectivity index (χ1v) is 34.5. The number of Topliss-reactive ketones (excluding diaryl/α,β-unsaturated/α-hetero) is 1. The molecule has 3 fully saturated rings. The number of hydrogen-bond donors (Lipinski definition) is 1. The quantitative estimate of drug-likeness (QED) is 0.0714. The molecule has 6 aliphatic heterocycles. The summed E-state index contributed by atoms with van der Waals surface area (Å²) < 4.78 is 153. The fourth-order valence-electron chi connectivity index (χ4n) is 15.5. The third-order valence-electron chi connectivity index (χ3n) is 20.7. The number of likely N-dealkylation sites (N-methyl/N-ethyl adjacent to an activating group) is 2. The van der Waals surface area contributed by atoms with E-state index in [4.69, 9.17) is 25.8 Å². The zero-order valence-electron chi connectivity index (χ0n) is 57.9. The van der Waals surface area contributed by atoms with Crippen LogP contribution in [-0.4, -0.2) is 172 Å². The van der Waals surface area contributed by atoms with Gasteiger partial charge in [0.25, 0.3) is 23.5 Å². The maximum Gasteiger partial charge on any atom is 0.456 e. The summed E-state index contributed by atoms with van der Waals surface area (Å²) in [5.41, 5.74) is 2.96. The van der Waals surface area contributed by atoms with E-state index >= 15 is 4.39 Å². The van der Waals surface area contributed by atoms with Crippen LogP contribution < -0.4 is 14.8 Å². The average Bonchev–Trinajstić information content (AvgIpc) is 1.67. The van der Waals surface area contributed by atoms with Crippen LogP contribution in [0.15, 0.2) is 133 Å². The second-order valence-electron chi connectivity index (χ2n) is 28.0. The van der Waals surface area contributed by atoms with E-state index in [-0.39, 0.29) is 82.2 Å². The molecule has 27 heteroatoms. The summed E-state index contributed by atoms with van der Waals surface area (Å²) in [6.07, 6.45) is -13.5. The third kappa shape index (κ3) is 15.5. The van der Waals surface area contributed by atoms with Crippen molar-refractivity contribution in [2.24, 2.45) is 0 Å². The SMILES string of the molecule is CC1(C)Cn2c(C(=O)C(F)(F)F)ccc2C2(CCN(C(=O)c3ccc(COCCC(F)(F)F)cc3)CC2)N1.CN1CCn2c(Cl)ccc2C12CCN(C(=O)c1ccc(-c3ccccc3)cc1)CC2.COc1cc(C(=O)N2CC[C@]3(c4ccc(C(F)(F)F)n4CCN3C)[C@H](F)C2)ccc1OC(C)C.[HH]. The largest absolute Gasteiger partial charge is 0.493 e. The van der Waals surface area contributed by atoms with Crippen LogP contribution in [0.1, 0.15) is 138 Å². The number of benzene rings is 4. The lowest BCUT2D eigenvalue weighted by Gasteiger charge is -2.52. The van der Waals surface area contributed by atoms with E-state index in [0.29, 0.717) is 65.5 Å². The standard InChI is InChI=1S/C26H29F6N3O3.C25H26ClN3O.C24H29F4N3O3.H2/c1-23(2)16-35-19(21(36)26(30,31)32)7-8-20(35)24(33-23)9-12-34(13-10-24)22(37)18-5-3-17(4-6-18)15-38-14-11-25(27,28)29;1-27-17-18-29-22(11-12-23(29)26)25(27)13-15-28(16-14-25)24(30)21-9-7-20(8-10-21)19-5-3-2-4-6-19;1-15(2)34-17-6-5-16(13-18(17)33-4)22(32)30-10-9-23(19(25)14-30)20-7-8-21(24(26,27)28)31(20)12-11-29(23)3;/h3-8,33H,9-16H2,1-2H3;2-12H,13-18H2,1H3;5-8,13,15,19H,9-12,14H2,1-4H3;1H/t;;19-,23-;/m..1./s1. The van der Waals surface area contributed by atoms with Gasteiger partial charge in [-0.3, -0.25) is 34.3 Å². The number of carbonyl (C=O) groups excluding carboxylic acids is 4. The van der Waals surface area contributed by atoms with Gasteiger partial charge in [-0.25, -0.2) is 4.39 Å². The van der Waals surface area contributed by atoms with Crippen LogP contribution in [0.5, 0.6) is 11.5 Å². The van der Waals surface area contributed by atoms with Crippen LogP contribution in [0.2, 0.25) is 5.15 Å². The zero-order valence-corrected chi connectivity index (χ0v) is 58.6. The van der Waals surface area contributed by atoms with Gasteiger partial charge < -0.3 is 42.6 Å². The summed E-state index contributed by atoms with van der Waals surface area (Å²) in [7, 11) is 5.40. The van der Waals surface area contributed by atoms with Gasteiger partial charge in [0, 0.05) is 106 Å². The number of ether oxygens (including phenoxy) is 3. The number of alkyl halides is 10. The molecule has 6 aliphatic rings. The topological polar surface area (TPSA) is 139 Å². The molecule has 550 valence electrons. The normalized spacial score (nSPS) is 20.2. The van der Waals surface area contributed by atoms with E-state index in [1.807, 2.05) is 81.1 Å². The Bertz CT molecular complexity index is 4140. The molecule has 0 aliphatic carbocycles. The summed E-state index contributed by atoms with van der Waals surface area (Å²) >= 11 is 6.40. The molecule has 0 unspecified atom stereocenters. The lowest BCUT2D eigenvalue weighted by Crippen LogP contribution is -2.63. The fourth-order valence-corrected chi connectivity index (χ4v) is 15.7. The monoisotopic (exact) mass is 1450 g/mol. The molecule has 1 N–H and O–H groups in total. The Labute approximate surface area is 592 Å². The van der Waals surface area contributed by atoms with Crippen LogP contribution in [0.4, 0.5) is 43.9 Å². The number of rotatable bonds is 12. The lowest BCUT2D eigenvalue weighted by atomic mass is 9.79. The Morgan fingerprint density at radius 1 is 0.598 bits per heavy atom. The Morgan fingerprint density at radius 3 is 1.75 bits per heavy atom. The molecule has 0 bridgehead atoms. The molecule has 4 aromatic carbocycles. The second kappa shape index (κ2) is 29.5. The number of amides is 3. The number of likely N-dealkylation sites (tertiary alicyclic amines) is 3. The molecular formula is C75H86ClF10N9O7. The van der Waals surface area contributed by atoms with Crippen LogP contribution in [-0.2, 0) is 53.8 Å². The van der Waals surface area contributed by atoms with Crippen molar-refractivity contribution in [2.45, 2.75) is 145 Å². The molecule has 3 aromatic heterocycles. The van der Waals surface area contributed by atoms with Gasteiger partial charge in [0.2, 0.25) is 0 Å². The van der Waals surface area contributed by atoms with Gasteiger partial charge >= 0.3 is 18.5 Å². The first-order valence-electron chi connectivity index (χ1n) is 34.1. The van der Waals surface area contributed by atoms with Gasteiger partial charge in [0.15, 0.2) is 11.5 Å². The molecule has 3 spiro atoms. The van der Waals surface area contributed by atoms with Crippen molar-refractivity contribution in [3.05, 3.63) is 189 Å². The number of ketones is 1. The van der Waals surface area contributed by atoms with E-state index in [1.165, 1.54) is 44.5 Å². The summed E-state index contributed by atoms with van der Waals surface area (Å²) in [6.45, 7) is 11.8. The predicted octanol–water partition coefficient (Wildman–Crippen LogP) is 14.7. The molecule has 16 nitrogen and oxygen atoms in total. The van der Waals surface area contributed by atoms with E-state index in [2.05, 4.69) is 40.0 Å². The molecule has 3 amide bonds. The van der Waals surface area contributed by atoms with Crippen molar-refractivity contribution in [1.29, 1.82) is 0 Å². The van der Waals surface area contributed by atoms with Crippen molar-refractivity contribution in [2.75, 3.05) is 80.2 Å². The number of methoxy groups -OCH3 is 1. The smallest absolute Gasteiger partial charge is 0.456 e. The molecular weight excluding hydrogens is 1360 g/mol. The number of piperidine rings is 3. The van der Waals surface area contributed by atoms with E-state index in [0.717, 1.165) is 61.4 Å².